The fourth-order valence-corrected chi connectivity index (χ4v) is 2.51. The summed E-state index contributed by atoms with van der Waals surface area (Å²) in [4.78, 5) is 4.49. The minimum absolute atomic E-state index is 0.0926. The van der Waals surface area contributed by atoms with Gasteiger partial charge in [0.15, 0.2) is 0 Å². The van der Waals surface area contributed by atoms with Gasteiger partial charge in [-0.3, -0.25) is 0 Å². The fourth-order valence-electron chi connectivity index (χ4n) is 2.51. The summed E-state index contributed by atoms with van der Waals surface area (Å²) in [6.45, 7) is 11.3. The summed E-state index contributed by atoms with van der Waals surface area (Å²) >= 11 is 0. The number of rotatable bonds is 4. The lowest BCUT2D eigenvalue weighted by Gasteiger charge is -2.17. The van der Waals surface area contributed by atoms with Crippen molar-refractivity contribution in [2.75, 3.05) is 0 Å². The summed E-state index contributed by atoms with van der Waals surface area (Å²) in [7, 11) is 0. The summed E-state index contributed by atoms with van der Waals surface area (Å²) in [5.74, 6) is 0. The molecule has 0 N–H and O–H groups in total. The van der Waals surface area contributed by atoms with Gasteiger partial charge in [0.2, 0.25) is 0 Å². The lowest BCUT2D eigenvalue weighted by Crippen LogP contribution is -2.09. The molecule has 0 aliphatic heterocycles. The second-order valence-electron chi connectivity index (χ2n) is 5.32. The van der Waals surface area contributed by atoms with Gasteiger partial charge in [-0.25, -0.2) is 4.98 Å². The molecule has 0 amide bonds. The molecular weight excluding hydrogens is 299 g/mol. The van der Waals surface area contributed by atoms with Crippen LogP contribution in [-0.2, 0) is 12.6 Å². The molecule has 1 aromatic heterocycles. The van der Waals surface area contributed by atoms with Gasteiger partial charge in [-0.1, -0.05) is 44.4 Å². The Morgan fingerprint density at radius 3 is 2.43 bits per heavy atom. The number of allylic oxidation sites excluding steroid dienone is 1. The molecule has 0 spiro atoms. The molecule has 0 saturated heterocycles. The Kier molecular flexibility index (Phi) is 4.73. The van der Waals surface area contributed by atoms with Crippen LogP contribution >= 0.6 is 0 Å². The van der Waals surface area contributed by atoms with Crippen molar-refractivity contribution in [3.63, 3.8) is 0 Å². The van der Waals surface area contributed by atoms with Crippen LogP contribution in [0.5, 0.6) is 0 Å². The number of aromatic nitrogens is 1. The summed E-state index contributed by atoms with van der Waals surface area (Å²) < 4.78 is 39.9. The molecule has 0 aliphatic carbocycles. The van der Waals surface area contributed by atoms with Gasteiger partial charge in [0.25, 0.3) is 0 Å². The molecule has 0 atom stereocenters. The zero-order chi connectivity index (χ0) is 17.2. The second kappa shape index (κ2) is 6.41. The minimum atomic E-state index is -4.43. The molecule has 0 fully saturated rings. The van der Waals surface area contributed by atoms with Crippen LogP contribution in [0.1, 0.15) is 36.2 Å². The Morgan fingerprint density at radius 1 is 1.26 bits per heavy atom. The Bertz CT molecular complexity index is 758. The van der Waals surface area contributed by atoms with Gasteiger partial charge in [-0.2, -0.15) is 13.2 Å². The topological polar surface area (TPSA) is 12.9 Å². The van der Waals surface area contributed by atoms with Crippen molar-refractivity contribution < 1.29 is 13.2 Å². The van der Waals surface area contributed by atoms with Gasteiger partial charge in [-0.05, 0) is 36.6 Å². The molecule has 0 saturated carbocycles. The number of hydrogen-bond donors (Lipinski definition) is 0. The molecule has 23 heavy (non-hydrogen) atoms. The van der Waals surface area contributed by atoms with Crippen LogP contribution in [0.4, 0.5) is 13.2 Å². The van der Waals surface area contributed by atoms with Crippen molar-refractivity contribution in [1.82, 2.24) is 4.98 Å². The Morgan fingerprint density at radius 2 is 1.91 bits per heavy atom. The van der Waals surface area contributed by atoms with E-state index in [0.29, 0.717) is 23.4 Å². The molecule has 1 heterocycles. The third kappa shape index (κ3) is 3.36. The largest absolute Gasteiger partial charge is 0.417 e. The highest BCUT2D eigenvalue weighted by Crippen LogP contribution is 2.38. The smallest absolute Gasteiger partial charge is 0.247 e. The lowest BCUT2D eigenvalue weighted by molar-refractivity contribution is -0.137. The highest BCUT2D eigenvalue weighted by molar-refractivity contribution is 5.75. The SMILES string of the molecule is C=Cc1cc(CC)c(-c2ccccc2C(F)(F)F)nc1C(=C)C. The van der Waals surface area contributed by atoms with Crippen LogP contribution in [0, 0.1) is 0 Å². The normalized spacial score (nSPS) is 11.3. The second-order valence-corrected chi connectivity index (χ2v) is 5.32. The first-order valence-corrected chi connectivity index (χ1v) is 7.28. The monoisotopic (exact) mass is 317 g/mol. The van der Waals surface area contributed by atoms with Gasteiger partial charge in [0.1, 0.15) is 0 Å². The average molecular weight is 317 g/mol. The van der Waals surface area contributed by atoms with Gasteiger partial charge in [0.05, 0.1) is 17.0 Å². The first-order chi connectivity index (χ1) is 10.8. The van der Waals surface area contributed by atoms with Crippen molar-refractivity contribution >= 4 is 11.6 Å². The zero-order valence-electron chi connectivity index (χ0n) is 13.2. The molecule has 120 valence electrons. The van der Waals surface area contributed by atoms with Crippen molar-refractivity contribution in [1.29, 1.82) is 0 Å². The molecule has 2 aromatic rings. The van der Waals surface area contributed by atoms with E-state index in [9.17, 15) is 13.2 Å². The number of pyridine rings is 1. The van der Waals surface area contributed by atoms with E-state index in [2.05, 4.69) is 18.1 Å². The minimum Gasteiger partial charge on any atom is -0.247 e. The number of halogens is 3. The number of hydrogen-bond acceptors (Lipinski definition) is 1. The van der Waals surface area contributed by atoms with Crippen LogP contribution in [0.2, 0.25) is 0 Å². The molecule has 4 heteroatoms. The molecule has 1 aromatic carbocycles. The Balaban J connectivity index is 2.81. The van der Waals surface area contributed by atoms with E-state index in [4.69, 9.17) is 0 Å². The summed E-state index contributed by atoms with van der Waals surface area (Å²) in [5, 5.41) is 0. The Labute approximate surface area is 134 Å². The van der Waals surface area contributed by atoms with Gasteiger partial charge in [-0.15, -0.1) is 0 Å². The highest BCUT2D eigenvalue weighted by atomic mass is 19.4. The molecule has 0 bridgehead atoms. The van der Waals surface area contributed by atoms with Crippen LogP contribution in [0.3, 0.4) is 0 Å². The van der Waals surface area contributed by atoms with Crippen LogP contribution in [-0.4, -0.2) is 4.98 Å². The van der Waals surface area contributed by atoms with E-state index in [0.717, 1.165) is 17.2 Å². The third-order valence-electron chi connectivity index (χ3n) is 3.62. The predicted octanol–water partition coefficient (Wildman–Crippen LogP) is 6.01. The first kappa shape index (κ1) is 17.0. The number of alkyl halides is 3. The van der Waals surface area contributed by atoms with E-state index in [1.807, 2.05) is 13.0 Å². The highest BCUT2D eigenvalue weighted by Gasteiger charge is 2.34. The van der Waals surface area contributed by atoms with Gasteiger partial charge >= 0.3 is 6.18 Å². The quantitative estimate of drug-likeness (QED) is 0.673. The number of aryl methyl sites for hydroxylation is 1. The molecule has 0 unspecified atom stereocenters. The van der Waals surface area contributed by atoms with E-state index in [1.54, 1.807) is 19.1 Å². The Hall–Kier alpha value is -2.36. The zero-order valence-corrected chi connectivity index (χ0v) is 13.2. The molecule has 1 nitrogen and oxygen atoms in total. The van der Waals surface area contributed by atoms with E-state index in [1.165, 1.54) is 12.1 Å². The fraction of sp³-hybridized carbons (Fsp3) is 0.211. The predicted molar refractivity (Wildman–Crippen MR) is 88.9 cm³/mol. The standard InChI is InChI=1S/C19H18F3N/c1-5-13-11-14(6-2)18(23-17(13)12(3)4)15-9-7-8-10-16(15)19(20,21)22/h5,7-11H,1,3,6H2,2,4H3. The number of nitrogens with zero attached hydrogens (tertiary/aromatic N) is 1. The maximum absolute atomic E-state index is 13.3. The van der Waals surface area contributed by atoms with Crippen LogP contribution < -0.4 is 0 Å². The molecule has 2 rings (SSSR count). The van der Waals surface area contributed by atoms with Gasteiger partial charge in [0, 0.05) is 11.1 Å². The third-order valence-corrected chi connectivity index (χ3v) is 3.62. The molecular formula is C19H18F3N. The van der Waals surface area contributed by atoms with Crippen molar-refractivity contribution in [3.05, 3.63) is 65.9 Å². The maximum atomic E-state index is 13.3. The van der Waals surface area contributed by atoms with Crippen LogP contribution in [0.25, 0.3) is 22.9 Å². The molecule has 0 aliphatic rings. The van der Waals surface area contributed by atoms with Crippen molar-refractivity contribution in [2.24, 2.45) is 0 Å². The number of benzene rings is 1. The van der Waals surface area contributed by atoms with E-state index in [-0.39, 0.29) is 5.56 Å². The summed E-state index contributed by atoms with van der Waals surface area (Å²) in [5.41, 5.74) is 2.56. The van der Waals surface area contributed by atoms with Crippen LogP contribution in [0.15, 0.2) is 43.5 Å². The summed E-state index contributed by atoms with van der Waals surface area (Å²) in [6.07, 6.45) is -2.20. The molecule has 0 radical (unpaired) electrons. The lowest BCUT2D eigenvalue weighted by atomic mass is 9.95. The van der Waals surface area contributed by atoms with E-state index >= 15 is 0 Å². The van der Waals surface area contributed by atoms with Crippen molar-refractivity contribution in [2.45, 2.75) is 26.4 Å². The maximum Gasteiger partial charge on any atom is 0.417 e. The summed E-state index contributed by atoms with van der Waals surface area (Å²) in [6, 6.07) is 7.36. The van der Waals surface area contributed by atoms with Crippen molar-refractivity contribution in [3.8, 4) is 11.3 Å². The van der Waals surface area contributed by atoms with E-state index < -0.39 is 11.7 Å². The van der Waals surface area contributed by atoms with Gasteiger partial charge < -0.3 is 0 Å². The average Bonchev–Trinajstić information content (AvgIpc) is 2.52. The first-order valence-electron chi connectivity index (χ1n) is 7.28.